The molecule has 86 heavy (non-hydrogen) atoms. The number of carbonyl (C=O) groups is 7. The minimum absolute atomic E-state index is 0.0147. The smallest absolute Gasteiger partial charge is 0.251 e. The maximum atomic E-state index is 14.7. The molecule has 13 N–H and O–H groups in total. The largest absolute Gasteiger partial charge is 0.508 e. The van der Waals surface area contributed by atoms with Gasteiger partial charge in [-0.3, -0.25) is 38.9 Å². The second kappa shape index (κ2) is 30.3. The van der Waals surface area contributed by atoms with Crippen LogP contribution in [0.5, 0.6) is 11.5 Å². The van der Waals surface area contributed by atoms with Crippen LogP contribution in [0.15, 0.2) is 97.1 Å². The quantitative estimate of drug-likeness (QED) is 0.0600. The number of aromatic hydroxyl groups is 1. The molecule has 0 saturated carbocycles. The summed E-state index contributed by atoms with van der Waals surface area (Å²) in [5.41, 5.74) is 3.54. The number of phenols is 1. The van der Waals surface area contributed by atoms with Crippen LogP contribution < -0.4 is 31.3 Å². The Morgan fingerprint density at radius 3 is 1.81 bits per heavy atom. The summed E-state index contributed by atoms with van der Waals surface area (Å²) in [5, 5.41) is 103. The molecule has 3 aliphatic heterocycles. The molecule has 4 aromatic carbocycles. The van der Waals surface area contributed by atoms with Crippen molar-refractivity contribution < 1.29 is 83.9 Å². The predicted octanol–water partition coefficient (Wildman–Crippen LogP) is 0.407. The SMILES string of the molecule is CCCCCOc1ccc(-c2ccc(-c3ccc(C(=O)N[C@H]4C[C@@H](O)C(NCCOC)NC(=O)C5[C@@H](O)[C@@H](C)CN5C(=O)C([C@@H](C)O)NC(=O)C([C@H](O)[C@@H](O)c5ccc(O)cc5)CC(=O)C5C[C@@H](O)CN5C(=O)C([C@@H](C)O)NC4=O)cc3)cc2)cc1. The maximum Gasteiger partial charge on any atom is 0.251 e. The monoisotopic (exact) mass is 1200 g/mol. The van der Waals surface area contributed by atoms with Gasteiger partial charge in [-0.25, -0.2) is 0 Å². The Bertz CT molecular complexity index is 2950. The topological polar surface area (TPSA) is 366 Å². The van der Waals surface area contributed by atoms with Crippen LogP contribution in [-0.4, -0.2) is 205 Å². The second-order valence-corrected chi connectivity index (χ2v) is 22.6. The van der Waals surface area contributed by atoms with E-state index in [4.69, 9.17) is 9.47 Å². The molecule has 0 radical (unpaired) electrons. The first-order valence-electron chi connectivity index (χ1n) is 29.1. The van der Waals surface area contributed by atoms with E-state index in [1.807, 2.05) is 48.5 Å². The molecule has 4 aromatic rings. The molecule has 6 amide bonds. The number of Topliss-reactive ketones (excluding diaryl/α,β-unsaturated/α-hetero) is 1. The standard InChI is InChI=1S/C62H81N7O17/c1-6-7-8-26-86-44-23-19-39(20-24-44)37-11-9-36(10-12-37)38-13-15-41(16-14-38)57(79)64-46-30-49(75)56(63-25-27-85-5)67-60(82)52-53(76)33(2)31-69(52)62(84)51(35(4)71)65-58(80)45(55(78)54(77)40-17-21-42(72)22-18-40)29-48(74)47-28-43(73)32-68(47)61(83)50(34(3)70)66-59(46)81/h9-24,33-35,43,45-47,49-56,63,70-73,75-78H,6-8,25-32H2,1-5H3,(H,64,79)(H,65,80)(H,66,81)(H,67,82)/t33-,34+,35+,43+,45?,46-,47?,49+,50?,51?,52?,53-,54-,55-,56?/m0/s1. The van der Waals surface area contributed by atoms with Crippen LogP contribution >= 0.6 is 0 Å². The Kier molecular flexibility index (Phi) is 23.3. The number of nitrogens with zero attached hydrogens (tertiary/aromatic N) is 2. The molecule has 0 bridgehead atoms. The second-order valence-electron chi connectivity index (χ2n) is 22.6. The van der Waals surface area contributed by atoms with Gasteiger partial charge >= 0.3 is 0 Å². The van der Waals surface area contributed by atoms with Gasteiger partial charge in [0.25, 0.3) is 5.91 Å². The van der Waals surface area contributed by atoms with E-state index in [0.717, 1.165) is 70.9 Å². The zero-order valence-corrected chi connectivity index (χ0v) is 48.8. The average molecular weight is 1200 g/mol. The van der Waals surface area contributed by atoms with Gasteiger partial charge in [0, 0.05) is 57.5 Å². The number of hydrogen-bond acceptors (Lipinski definition) is 18. The van der Waals surface area contributed by atoms with E-state index in [1.54, 1.807) is 12.1 Å². The molecule has 7 rings (SSSR count). The van der Waals surface area contributed by atoms with Crippen LogP contribution in [0.3, 0.4) is 0 Å². The average Bonchev–Trinajstić information content (AvgIpc) is 2.84. The number of fused-ring (bicyclic) bond motifs is 2. The van der Waals surface area contributed by atoms with Crippen molar-refractivity contribution in [2.45, 2.75) is 145 Å². The lowest BCUT2D eigenvalue weighted by Gasteiger charge is -2.34. The van der Waals surface area contributed by atoms with E-state index in [1.165, 1.54) is 50.4 Å². The molecule has 3 saturated heterocycles. The van der Waals surface area contributed by atoms with Crippen molar-refractivity contribution in [1.82, 2.24) is 36.4 Å². The van der Waals surface area contributed by atoms with Crippen molar-refractivity contribution in [3.8, 4) is 33.8 Å². The van der Waals surface area contributed by atoms with E-state index >= 15 is 0 Å². The van der Waals surface area contributed by atoms with Gasteiger partial charge in [-0.1, -0.05) is 87.4 Å². The summed E-state index contributed by atoms with van der Waals surface area (Å²) < 4.78 is 11.1. The molecule has 466 valence electrons. The first-order valence-corrected chi connectivity index (χ1v) is 29.1. The molecule has 3 fully saturated rings. The molecule has 3 heterocycles. The van der Waals surface area contributed by atoms with Crippen LogP contribution in [0, 0.1) is 11.8 Å². The number of carbonyl (C=O) groups excluding carboxylic acids is 7. The van der Waals surface area contributed by atoms with Crippen molar-refractivity contribution >= 4 is 41.2 Å². The zero-order valence-electron chi connectivity index (χ0n) is 48.8. The summed E-state index contributed by atoms with van der Waals surface area (Å²) in [7, 11) is 1.39. The molecule has 0 spiro atoms. The third-order valence-corrected chi connectivity index (χ3v) is 16.1. The lowest BCUT2D eigenvalue weighted by Crippen LogP contribution is -2.63. The number of phenolic OH excluding ortho intramolecular Hbond substituents is 1. The lowest BCUT2D eigenvalue weighted by atomic mass is 9.86. The minimum Gasteiger partial charge on any atom is -0.508 e. The number of methoxy groups -OCH3 is 1. The summed E-state index contributed by atoms with van der Waals surface area (Å²) in [6, 6.07) is 17.9. The van der Waals surface area contributed by atoms with Crippen molar-refractivity contribution in [2.24, 2.45) is 11.8 Å². The van der Waals surface area contributed by atoms with Crippen molar-refractivity contribution in [3.05, 3.63) is 108 Å². The minimum atomic E-state index is -2.17. The maximum absolute atomic E-state index is 14.7. The van der Waals surface area contributed by atoms with Crippen LogP contribution in [0.4, 0.5) is 0 Å². The Morgan fingerprint density at radius 2 is 1.24 bits per heavy atom. The number of rotatable bonds is 18. The number of hydrogen-bond donors (Lipinski definition) is 13. The molecule has 0 aromatic heterocycles. The van der Waals surface area contributed by atoms with Crippen LogP contribution in [0.1, 0.15) is 88.2 Å². The first-order chi connectivity index (χ1) is 41.0. The number of nitrogens with one attached hydrogen (secondary N) is 5. The molecule has 0 aliphatic carbocycles. The zero-order chi connectivity index (χ0) is 62.5. The Labute approximate surface area is 498 Å². The van der Waals surface area contributed by atoms with Gasteiger partial charge in [0.15, 0.2) is 5.78 Å². The highest BCUT2D eigenvalue weighted by Gasteiger charge is 2.50. The van der Waals surface area contributed by atoms with Crippen LogP contribution in [-0.2, 0) is 33.5 Å². The summed E-state index contributed by atoms with van der Waals surface area (Å²) >= 11 is 0. The summed E-state index contributed by atoms with van der Waals surface area (Å²) in [5.74, 6) is -9.66. The van der Waals surface area contributed by atoms with E-state index in [9.17, 15) is 74.4 Å². The highest BCUT2D eigenvalue weighted by Crippen LogP contribution is 2.32. The lowest BCUT2D eigenvalue weighted by molar-refractivity contribution is -0.148. The third-order valence-electron chi connectivity index (χ3n) is 16.1. The Hall–Kier alpha value is -7.39. The molecule has 24 heteroatoms. The fourth-order valence-corrected chi connectivity index (χ4v) is 11.0. The molecule has 6 unspecified atom stereocenters. The number of aliphatic hydroxyl groups is 7. The number of amides is 6. The van der Waals surface area contributed by atoms with Gasteiger partial charge in [-0.2, -0.15) is 0 Å². The number of unbranched alkanes of at least 4 members (excludes halogenated alkanes) is 2. The molecule has 24 nitrogen and oxygen atoms in total. The van der Waals surface area contributed by atoms with Crippen LogP contribution in [0.2, 0.25) is 0 Å². The summed E-state index contributed by atoms with van der Waals surface area (Å²) in [6.45, 7) is 5.73. The molecular formula is C62H81N7O17. The van der Waals surface area contributed by atoms with Crippen molar-refractivity contribution in [3.63, 3.8) is 0 Å². The fraction of sp³-hybridized carbons (Fsp3) is 0.500. The Balaban J connectivity index is 1.22. The van der Waals surface area contributed by atoms with Crippen molar-refractivity contribution in [2.75, 3.05) is 40.0 Å². The highest BCUT2D eigenvalue weighted by atomic mass is 16.5. The van der Waals surface area contributed by atoms with Crippen LogP contribution in [0.25, 0.3) is 22.3 Å². The molecular weight excluding hydrogens is 1110 g/mol. The van der Waals surface area contributed by atoms with Gasteiger partial charge in [-0.15, -0.1) is 0 Å². The third kappa shape index (κ3) is 16.4. The van der Waals surface area contributed by atoms with E-state index < -0.39 is 158 Å². The Morgan fingerprint density at radius 1 is 0.686 bits per heavy atom. The molecule has 15 atom stereocenters. The van der Waals surface area contributed by atoms with Gasteiger partial charge in [0.1, 0.15) is 47.9 Å². The summed E-state index contributed by atoms with van der Waals surface area (Å²) in [4.78, 5) is 104. The van der Waals surface area contributed by atoms with Gasteiger partial charge in [-0.05, 0) is 84.5 Å². The van der Waals surface area contributed by atoms with E-state index in [-0.39, 0.29) is 36.6 Å². The number of ether oxygens (including phenoxy) is 2. The van der Waals surface area contributed by atoms with E-state index in [2.05, 4.69) is 33.5 Å². The van der Waals surface area contributed by atoms with Gasteiger partial charge in [0.2, 0.25) is 29.5 Å². The normalized spacial score (nSPS) is 26.9. The summed E-state index contributed by atoms with van der Waals surface area (Å²) in [6.07, 6.45) is -12.9. The number of ketones is 1. The van der Waals surface area contributed by atoms with E-state index in [0.29, 0.717) is 6.61 Å². The van der Waals surface area contributed by atoms with Crippen molar-refractivity contribution in [1.29, 1.82) is 0 Å². The predicted molar refractivity (Wildman–Crippen MR) is 312 cm³/mol. The number of benzene rings is 4. The fourth-order valence-electron chi connectivity index (χ4n) is 11.0. The highest BCUT2D eigenvalue weighted by molar-refractivity contribution is 6.00. The van der Waals surface area contributed by atoms with Gasteiger partial charge in [0.05, 0.1) is 61.8 Å². The van der Waals surface area contributed by atoms with Gasteiger partial charge < -0.3 is 81.4 Å². The first kappa shape index (κ1) is 66.1. The number of aliphatic hydroxyl groups excluding tert-OH is 7. The molecule has 3 aliphatic rings.